The van der Waals surface area contributed by atoms with Crippen molar-refractivity contribution in [3.8, 4) is 17.0 Å². The van der Waals surface area contributed by atoms with E-state index in [0.717, 1.165) is 18.6 Å². The van der Waals surface area contributed by atoms with Gasteiger partial charge in [0.05, 0.1) is 42.2 Å². The molecule has 0 spiro atoms. The number of aromatic nitrogens is 6. The maximum atomic E-state index is 13.9. The molecule has 254 valence electrons. The van der Waals surface area contributed by atoms with Crippen LogP contribution in [0, 0.1) is 12.7 Å². The van der Waals surface area contributed by atoms with Crippen molar-refractivity contribution in [3.05, 3.63) is 66.6 Å². The van der Waals surface area contributed by atoms with Gasteiger partial charge >= 0.3 is 6.55 Å². The van der Waals surface area contributed by atoms with Gasteiger partial charge in [0.25, 0.3) is 5.91 Å². The van der Waals surface area contributed by atoms with Gasteiger partial charge in [0.15, 0.2) is 5.60 Å². The highest BCUT2D eigenvalue weighted by molar-refractivity contribution is 5.93. The summed E-state index contributed by atoms with van der Waals surface area (Å²) in [7, 11) is 1.47. The first-order chi connectivity index (χ1) is 22.9. The Labute approximate surface area is 273 Å². The van der Waals surface area contributed by atoms with Gasteiger partial charge in [0, 0.05) is 25.8 Å². The van der Waals surface area contributed by atoms with E-state index in [0.29, 0.717) is 47.4 Å². The number of likely N-dealkylation sites (tertiary alicyclic amines) is 2. The third-order valence-electron chi connectivity index (χ3n) is 9.09. The highest BCUT2D eigenvalue weighted by Gasteiger charge is 2.53. The highest BCUT2D eigenvalue weighted by Crippen LogP contribution is 2.37. The summed E-state index contributed by atoms with van der Waals surface area (Å²) >= 11 is 0. The molecular weight excluding hydrogens is 633 g/mol. The Kier molecular flexibility index (Phi) is 8.72. The second-order valence-corrected chi connectivity index (χ2v) is 12.3. The van der Waals surface area contributed by atoms with Crippen molar-refractivity contribution < 1.29 is 37.3 Å². The maximum Gasteiger partial charge on any atom is 0.320 e. The van der Waals surface area contributed by atoms with Crippen LogP contribution in [0.2, 0.25) is 0 Å². The normalized spacial score (nSPS) is 17.8. The minimum atomic E-state index is -2.90. The molecule has 1 atom stereocenters. The van der Waals surface area contributed by atoms with Crippen LogP contribution in [0.4, 0.5) is 13.2 Å². The molecule has 0 saturated carbocycles. The Morgan fingerprint density at radius 1 is 1.19 bits per heavy atom. The maximum absolute atomic E-state index is 13.9. The predicted molar refractivity (Wildman–Crippen MR) is 165 cm³/mol. The molecule has 16 heteroatoms. The molecule has 6 rings (SSSR count). The van der Waals surface area contributed by atoms with Crippen LogP contribution < -0.4 is 4.74 Å². The second-order valence-electron chi connectivity index (χ2n) is 12.3. The van der Waals surface area contributed by atoms with Crippen LogP contribution in [0.1, 0.15) is 43.7 Å². The SMILES string of the molecule is C=CC(=O)N1CC(OC)(C(=O)N2CCC(n3nnc(-c4cc(OCC(C)(O)c5ccc(F)cn5)c5c(c4)ncn5C(F)F)c3C)CC2)C1. The molecule has 13 nitrogen and oxygen atoms in total. The lowest BCUT2D eigenvalue weighted by Crippen LogP contribution is -2.71. The number of imidazole rings is 1. The molecule has 2 aliphatic heterocycles. The van der Waals surface area contributed by atoms with Crippen molar-refractivity contribution in [1.82, 2.24) is 39.3 Å². The summed E-state index contributed by atoms with van der Waals surface area (Å²) in [5.74, 6) is -0.956. The van der Waals surface area contributed by atoms with Crippen molar-refractivity contribution in [3.63, 3.8) is 0 Å². The van der Waals surface area contributed by atoms with E-state index < -0.39 is 23.6 Å². The molecule has 1 N–H and O–H groups in total. The summed E-state index contributed by atoms with van der Waals surface area (Å²) < 4.78 is 55.3. The van der Waals surface area contributed by atoms with Gasteiger partial charge in [-0.2, -0.15) is 8.78 Å². The first-order valence-electron chi connectivity index (χ1n) is 15.3. The molecule has 2 saturated heterocycles. The summed E-state index contributed by atoms with van der Waals surface area (Å²) in [6, 6.07) is 5.57. The number of ether oxygens (including phenoxy) is 2. The third-order valence-corrected chi connectivity index (χ3v) is 9.09. The molecule has 2 fully saturated rings. The largest absolute Gasteiger partial charge is 0.488 e. The quantitative estimate of drug-likeness (QED) is 0.252. The number of amides is 2. The molecule has 1 aromatic carbocycles. The number of hydrogen-bond donors (Lipinski definition) is 1. The zero-order valence-electron chi connectivity index (χ0n) is 26.6. The number of halogens is 3. The average molecular weight is 669 g/mol. The van der Waals surface area contributed by atoms with E-state index in [-0.39, 0.29) is 60.0 Å². The summed E-state index contributed by atoms with van der Waals surface area (Å²) in [4.78, 5) is 36.7. The molecule has 4 aromatic rings. The molecule has 2 amide bonds. The Morgan fingerprint density at radius 3 is 2.54 bits per heavy atom. The molecule has 48 heavy (non-hydrogen) atoms. The van der Waals surface area contributed by atoms with Gasteiger partial charge < -0.3 is 24.4 Å². The molecule has 0 radical (unpaired) electrons. The van der Waals surface area contributed by atoms with Gasteiger partial charge in [-0.15, -0.1) is 5.10 Å². The second kappa shape index (κ2) is 12.6. The lowest BCUT2D eigenvalue weighted by atomic mass is 9.90. The number of rotatable bonds is 10. The number of nitrogens with zero attached hydrogens (tertiary/aromatic N) is 8. The number of fused-ring (bicyclic) bond motifs is 1. The van der Waals surface area contributed by atoms with Gasteiger partial charge in [0.1, 0.15) is 41.3 Å². The van der Waals surface area contributed by atoms with E-state index in [2.05, 4.69) is 26.9 Å². The number of hydrogen-bond acceptors (Lipinski definition) is 9. The number of piperidine rings is 1. The van der Waals surface area contributed by atoms with Crippen LogP contribution >= 0.6 is 0 Å². The summed E-state index contributed by atoms with van der Waals surface area (Å²) in [5, 5.41) is 19.9. The van der Waals surface area contributed by atoms with Crippen LogP contribution in [-0.2, 0) is 19.9 Å². The van der Waals surface area contributed by atoms with Crippen molar-refractivity contribution in [2.24, 2.45) is 0 Å². The number of benzene rings is 1. The van der Waals surface area contributed by atoms with Crippen LogP contribution in [0.25, 0.3) is 22.3 Å². The minimum Gasteiger partial charge on any atom is -0.488 e. The van der Waals surface area contributed by atoms with E-state index in [1.807, 2.05) is 6.92 Å². The number of carbonyl (C=O) groups is 2. The molecule has 0 aliphatic carbocycles. The lowest BCUT2D eigenvalue weighted by molar-refractivity contribution is -0.182. The smallest absolute Gasteiger partial charge is 0.320 e. The van der Waals surface area contributed by atoms with Crippen molar-refractivity contribution in [2.75, 3.05) is 39.9 Å². The van der Waals surface area contributed by atoms with Gasteiger partial charge in [-0.1, -0.05) is 11.8 Å². The highest BCUT2D eigenvalue weighted by atomic mass is 19.3. The van der Waals surface area contributed by atoms with Crippen LogP contribution in [0.5, 0.6) is 5.75 Å². The summed E-state index contributed by atoms with van der Waals surface area (Å²) in [5.41, 5.74) is -0.648. The molecule has 0 bridgehead atoms. The van der Waals surface area contributed by atoms with E-state index in [1.54, 1.807) is 21.7 Å². The molecule has 2 aliphatic rings. The first-order valence-corrected chi connectivity index (χ1v) is 15.3. The third kappa shape index (κ3) is 5.89. The van der Waals surface area contributed by atoms with Crippen molar-refractivity contribution in [1.29, 1.82) is 0 Å². The van der Waals surface area contributed by atoms with Crippen LogP contribution in [0.15, 0.2) is 49.4 Å². The Balaban J connectivity index is 1.21. The van der Waals surface area contributed by atoms with E-state index in [1.165, 1.54) is 31.1 Å². The summed E-state index contributed by atoms with van der Waals surface area (Å²) in [6.07, 6.45) is 4.39. The standard InChI is InChI=1S/C32H35F3N8O5/c1-5-26(44)41-15-32(16-41,47-4)29(45)40-10-8-22(9-11-40)43-19(2)27(38-39-43)20-12-23-28(42(18-37-23)30(34)35)24(13-20)48-17-31(3,46)25-7-6-21(33)14-36-25/h5-7,12-14,18,22,30,46H,1,8-11,15-17H2,2-4H3. The Morgan fingerprint density at radius 2 is 1.92 bits per heavy atom. The fraction of sp³-hybridized carbons (Fsp3) is 0.438. The minimum absolute atomic E-state index is 0.0240. The zero-order valence-corrected chi connectivity index (χ0v) is 26.6. The molecule has 3 aromatic heterocycles. The summed E-state index contributed by atoms with van der Waals surface area (Å²) in [6.45, 7) is 4.73. The van der Waals surface area contributed by atoms with Crippen LogP contribution in [-0.4, -0.2) is 102 Å². The van der Waals surface area contributed by atoms with Crippen molar-refractivity contribution >= 4 is 22.8 Å². The predicted octanol–water partition coefficient (Wildman–Crippen LogP) is 3.40. The van der Waals surface area contributed by atoms with Gasteiger partial charge in [-0.3, -0.25) is 19.1 Å². The monoisotopic (exact) mass is 668 g/mol. The number of aliphatic hydroxyl groups is 1. The fourth-order valence-corrected chi connectivity index (χ4v) is 6.28. The first kappa shape index (κ1) is 33.1. The van der Waals surface area contributed by atoms with Crippen molar-refractivity contribution in [2.45, 2.75) is 50.5 Å². The topological polar surface area (TPSA) is 141 Å². The number of alkyl halides is 2. The van der Waals surface area contributed by atoms with E-state index >= 15 is 0 Å². The zero-order chi connectivity index (χ0) is 34.4. The molecule has 5 heterocycles. The van der Waals surface area contributed by atoms with Crippen LogP contribution in [0.3, 0.4) is 0 Å². The van der Waals surface area contributed by atoms with E-state index in [9.17, 15) is 27.9 Å². The Bertz CT molecular complexity index is 1840. The molecule has 1 unspecified atom stereocenters. The van der Waals surface area contributed by atoms with Gasteiger partial charge in [0.2, 0.25) is 5.91 Å². The van der Waals surface area contributed by atoms with Gasteiger partial charge in [-0.25, -0.2) is 14.1 Å². The fourth-order valence-electron chi connectivity index (χ4n) is 6.28. The number of pyridine rings is 1. The average Bonchev–Trinajstić information content (AvgIpc) is 3.67. The Hall–Kier alpha value is -4.83. The lowest BCUT2D eigenvalue weighted by Gasteiger charge is -2.49. The van der Waals surface area contributed by atoms with E-state index in [4.69, 9.17) is 9.47 Å². The van der Waals surface area contributed by atoms with Gasteiger partial charge in [-0.05, 0) is 57.0 Å². The number of carbonyl (C=O) groups excluding carboxylic acids is 2. The number of methoxy groups -OCH3 is 1. The molecular formula is C32H35F3N8O5.